The van der Waals surface area contributed by atoms with Gasteiger partial charge >= 0.3 is 7.82 Å². The summed E-state index contributed by atoms with van der Waals surface area (Å²) in [5.74, 6) is -0.514. The summed E-state index contributed by atoms with van der Waals surface area (Å²) < 4.78 is 38.2. The molecule has 1 fully saturated rings. The van der Waals surface area contributed by atoms with Crippen molar-refractivity contribution in [3.8, 4) is 17.2 Å². The Bertz CT molecular complexity index is 913. The minimum atomic E-state index is -3.82. The normalized spacial score (nSPS) is 36.7. The van der Waals surface area contributed by atoms with E-state index >= 15 is 0 Å². The Balaban J connectivity index is 1.66. The van der Waals surface area contributed by atoms with Crippen LogP contribution in [0, 0.1) is 0 Å². The van der Waals surface area contributed by atoms with Crippen molar-refractivity contribution in [3.63, 3.8) is 0 Å². The number of phosphoric acid groups is 1. The standard InChI is InChI=1S/C15H14NO9P/c1-21-26(20)24-12-7(17)2-6-5-3-8-13(23-4-22-8)11(18)9(5)15(19)16-10(6)14(12)25-26/h2-3,7,10,12,14,17-18H,4H2,1H3,(H,16,19)/t7?,10-,12-,14+,26?/m1/s1. The smallest absolute Gasteiger partial charge is 0.475 e. The van der Waals surface area contributed by atoms with Gasteiger partial charge in [0, 0.05) is 12.7 Å². The fraction of sp³-hybridized carbons (Fsp3) is 0.400. The second kappa shape index (κ2) is 5.21. The van der Waals surface area contributed by atoms with Gasteiger partial charge in [-0.15, -0.1) is 0 Å². The van der Waals surface area contributed by atoms with Crippen LogP contribution in [0.3, 0.4) is 0 Å². The van der Waals surface area contributed by atoms with Gasteiger partial charge in [-0.1, -0.05) is 0 Å². The predicted octanol–water partition coefficient (Wildman–Crippen LogP) is 0.529. The largest absolute Gasteiger partial charge is 0.504 e. The molecule has 4 aliphatic rings. The first-order valence-corrected chi connectivity index (χ1v) is 9.27. The molecule has 0 spiro atoms. The number of hydrogen-bond donors (Lipinski definition) is 3. The van der Waals surface area contributed by atoms with Gasteiger partial charge in [0.2, 0.25) is 12.5 Å². The number of ether oxygens (including phenoxy) is 2. The molecule has 1 aromatic rings. The number of nitrogens with one attached hydrogen (secondary N) is 1. The summed E-state index contributed by atoms with van der Waals surface area (Å²) in [7, 11) is -2.65. The molecule has 11 heteroatoms. The van der Waals surface area contributed by atoms with E-state index in [4.69, 9.17) is 23.0 Å². The molecule has 5 atom stereocenters. The van der Waals surface area contributed by atoms with Gasteiger partial charge in [-0.3, -0.25) is 18.4 Å². The van der Waals surface area contributed by atoms with E-state index < -0.39 is 38.1 Å². The Morgan fingerprint density at radius 2 is 2.08 bits per heavy atom. The zero-order chi connectivity index (χ0) is 18.2. The summed E-state index contributed by atoms with van der Waals surface area (Å²) in [5.41, 5.74) is 0.882. The lowest BCUT2D eigenvalue weighted by Crippen LogP contribution is -2.55. The van der Waals surface area contributed by atoms with Crippen LogP contribution in [-0.2, 0) is 18.1 Å². The maximum absolute atomic E-state index is 12.6. The quantitative estimate of drug-likeness (QED) is 0.594. The number of amides is 1. The fourth-order valence-electron chi connectivity index (χ4n) is 3.71. The number of aliphatic hydroxyl groups is 1. The van der Waals surface area contributed by atoms with E-state index in [2.05, 4.69) is 5.32 Å². The van der Waals surface area contributed by atoms with Crippen LogP contribution in [0.15, 0.2) is 12.1 Å². The number of phenolic OH excluding ortho intramolecular Hbond substituents is 1. The van der Waals surface area contributed by atoms with Crippen molar-refractivity contribution >= 4 is 19.3 Å². The van der Waals surface area contributed by atoms with Crippen LogP contribution >= 0.6 is 7.82 Å². The molecule has 0 radical (unpaired) electrons. The molecule has 1 aliphatic carbocycles. The Morgan fingerprint density at radius 1 is 1.31 bits per heavy atom. The average Bonchev–Trinajstić information content (AvgIpc) is 3.21. The molecule has 0 saturated carbocycles. The minimum absolute atomic E-state index is 0.0104. The highest BCUT2D eigenvalue weighted by Crippen LogP contribution is 2.60. The molecular weight excluding hydrogens is 369 g/mol. The van der Waals surface area contributed by atoms with Crippen LogP contribution in [0.2, 0.25) is 0 Å². The lowest BCUT2D eigenvalue weighted by molar-refractivity contribution is 0.0294. The van der Waals surface area contributed by atoms with Gasteiger partial charge in [-0.2, -0.15) is 0 Å². The fourth-order valence-corrected chi connectivity index (χ4v) is 5.01. The monoisotopic (exact) mass is 383 g/mol. The maximum atomic E-state index is 12.6. The summed E-state index contributed by atoms with van der Waals surface area (Å²) in [6, 6.07) is 0.822. The minimum Gasteiger partial charge on any atom is -0.504 e. The van der Waals surface area contributed by atoms with Gasteiger partial charge in [0.25, 0.3) is 5.91 Å². The van der Waals surface area contributed by atoms with Gasteiger partial charge in [0.1, 0.15) is 18.3 Å². The van der Waals surface area contributed by atoms with E-state index in [1.54, 1.807) is 6.07 Å². The highest BCUT2D eigenvalue weighted by molar-refractivity contribution is 7.48. The zero-order valence-corrected chi connectivity index (χ0v) is 14.3. The number of carbonyl (C=O) groups is 1. The maximum Gasteiger partial charge on any atom is 0.475 e. The Hall–Kier alpha value is -2.10. The molecule has 3 N–H and O–H groups in total. The third-order valence-corrected chi connectivity index (χ3v) is 6.31. The van der Waals surface area contributed by atoms with Crippen molar-refractivity contribution < 1.29 is 42.6 Å². The number of hydrogen-bond acceptors (Lipinski definition) is 9. The predicted molar refractivity (Wildman–Crippen MR) is 83.8 cm³/mol. The highest BCUT2D eigenvalue weighted by atomic mass is 31.2. The summed E-state index contributed by atoms with van der Waals surface area (Å²) in [6.45, 7) is -0.0722. The number of aromatic hydroxyl groups is 1. The number of phenols is 1. The number of aliphatic hydroxyl groups excluding tert-OH is 1. The second-order valence-electron chi connectivity index (χ2n) is 6.22. The van der Waals surface area contributed by atoms with Crippen LogP contribution in [0.25, 0.3) is 5.57 Å². The summed E-state index contributed by atoms with van der Waals surface area (Å²) in [5, 5.41) is 23.5. The van der Waals surface area contributed by atoms with Gasteiger partial charge in [0.05, 0.1) is 11.6 Å². The Labute approximate surface area is 146 Å². The topological polar surface area (TPSA) is 133 Å². The molecule has 1 amide bonds. The molecule has 2 unspecified atom stereocenters. The molecule has 1 aromatic carbocycles. The molecule has 5 rings (SSSR count). The van der Waals surface area contributed by atoms with Crippen molar-refractivity contribution in [1.82, 2.24) is 5.32 Å². The van der Waals surface area contributed by atoms with Crippen molar-refractivity contribution in [2.45, 2.75) is 24.4 Å². The summed E-state index contributed by atoms with van der Waals surface area (Å²) in [6.07, 6.45) is -1.55. The van der Waals surface area contributed by atoms with Crippen LogP contribution in [0.5, 0.6) is 17.2 Å². The average molecular weight is 383 g/mol. The van der Waals surface area contributed by atoms with E-state index in [0.29, 0.717) is 16.9 Å². The van der Waals surface area contributed by atoms with E-state index in [0.717, 1.165) is 0 Å². The number of phosphoric ester groups is 1. The van der Waals surface area contributed by atoms with Crippen molar-refractivity contribution in [3.05, 3.63) is 23.3 Å². The van der Waals surface area contributed by atoms with E-state index in [9.17, 15) is 19.6 Å². The third kappa shape index (κ3) is 2.02. The van der Waals surface area contributed by atoms with E-state index in [-0.39, 0.29) is 23.9 Å². The van der Waals surface area contributed by atoms with Gasteiger partial charge in [0.15, 0.2) is 11.5 Å². The van der Waals surface area contributed by atoms with Crippen molar-refractivity contribution in [2.24, 2.45) is 0 Å². The number of carbonyl (C=O) groups excluding carboxylic acids is 1. The second-order valence-corrected chi connectivity index (χ2v) is 7.90. The molecule has 26 heavy (non-hydrogen) atoms. The molecular formula is C15H14NO9P. The van der Waals surface area contributed by atoms with Crippen LogP contribution < -0.4 is 14.8 Å². The van der Waals surface area contributed by atoms with Crippen LogP contribution in [-0.4, -0.2) is 54.4 Å². The molecule has 0 bridgehead atoms. The Kier molecular flexibility index (Phi) is 3.23. The van der Waals surface area contributed by atoms with E-state index in [1.807, 2.05) is 0 Å². The number of benzene rings is 1. The van der Waals surface area contributed by atoms with Gasteiger partial charge in [-0.25, -0.2) is 4.57 Å². The molecule has 10 nitrogen and oxygen atoms in total. The highest BCUT2D eigenvalue weighted by Gasteiger charge is 2.56. The lowest BCUT2D eigenvalue weighted by atomic mass is 9.79. The molecule has 3 aliphatic heterocycles. The number of fused-ring (bicyclic) bond motifs is 6. The lowest BCUT2D eigenvalue weighted by Gasteiger charge is -2.38. The summed E-state index contributed by atoms with van der Waals surface area (Å²) in [4.78, 5) is 12.6. The number of rotatable bonds is 1. The molecule has 0 aromatic heterocycles. The van der Waals surface area contributed by atoms with Crippen molar-refractivity contribution in [1.29, 1.82) is 0 Å². The van der Waals surface area contributed by atoms with Gasteiger partial charge < -0.3 is 25.0 Å². The van der Waals surface area contributed by atoms with Gasteiger partial charge in [-0.05, 0) is 17.7 Å². The molecule has 138 valence electrons. The molecule has 3 heterocycles. The first kappa shape index (κ1) is 16.1. The molecule has 1 saturated heterocycles. The van der Waals surface area contributed by atoms with E-state index in [1.165, 1.54) is 13.2 Å². The van der Waals surface area contributed by atoms with Crippen LogP contribution in [0.1, 0.15) is 15.9 Å². The first-order valence-electron chi connectivity index (χ1n) is 7.81. The third-order valence-electron chi connectivity index (χ3n) is 4.86. The van der Waals surface area contributed by atoms with Crippen molar-refractivity contribution in [2.75, 3.05) is 13.9 Å². The van der Waals surface area contributed by atoms with Crippen LogP contribution in [0.4, 0.5) is 0 Å². The first-order chi connectivity index (χ1) is 12.4. The zero-order valence-electron chi connectivity index (χ0n) is 13.4. The summed E-state index contributed by atoms with van der Waals surface area (Å²) >= 11 is 0. The SMILES string of the molecule is COP1(=O)O[C@H]2[C@@H]3NC(=O)c4c(cc5c(c4O)OCO5)C3=CC(O)[C@H]2O1. The Morgan fingerprint density at radius 3 is 2.85 bits per heavy atom.